The third kappa shape index (κ3) is 3.79. The fourth-order valence-electron chi connectivity index (χ4n) is 3.62. The zero-order valence-electron chi connectivity index (χ0n) is 15.9. The highest BCUT2D eigenvalue weighted by atomic mass is 16.6. The number of ether oxygens (including phenoxy) is 2. The van der Waals surface area contributed by atoms with Gasteiger partial charge < -0.3 is 14.6 Å². The molecule has 1 aromatic carbocycles. The van der Waals surface area contributed by atoms with Gasteiger partial charge in [-0.2, -0.15) is 0 Å². The summed E-state index contributed by atoms with van der Waals surface area (Å²) in [5, 5.41) is 9.30. The van der Waals surface area contributed by atoms with Crippen LogP contribution in [0.15, 0.2) is 30.5 Å². The summed E-state index contributed by atoms with van der Waals surface area (Å²) in [4.78, 5) is 28.9. The molecule has 0 saturated carbocycles. The molecule has 1 heterocycles. The van der Waals surface area contributed by atoms with Gasteiger partial charge in [-0.1, -0.05) is 26.0 Å². The number of esters is 1. The van der Waals surface area contributed by atoms with Crippen molar-refractivity contribution in [3.8, 4) is 11.5 Å². The topological polar surface area (TPSA) is 85.7 Å². The summed E-state index contributed by atoms with van der Waals surface area (Å²) < 4.78 is 10.8. The standard InChI is InChI=1S/C21H23NO5/c1-12-8-14-15(9-21(2,3)10-16(14)22-11-12)20(25)27-17-7-5-6-13(19(23)24)18(17)26-4/h5-8,11,15H,9-10H2,1-4H3,(H,23,24). The number of benzene rings is 1. The molecule has 0 amide bonds. The van der Waals surface area contributed by atoms with Crippen molar-refractivity contribution in [3.05, 3.63) is 52.8 Å². The van der Waals surface area contributed by atoms with Gasteiger partial charge >= 0.3 is 11.9 Å². The quantitative estimate of drug-likeness (QED) is 0.652. The van der Waals surface area contributed by atoms with Gasteiger partial charge in [0.1, 0.15) is 5.56 Å². The van der Waals surface area contributed by atoms with E-state index < -0.39 is 17.9 Å². The summed E-state index contributed by atoms with van der Waals surface area (Å²) in [7, 11) is 1.35. The van der Waals surface area contributed by atoms with E-state index in [1.807, 2.05) is 19.2 Å². The predicted molar refractivity (Wildman–Crippen MR) is 99.4 cm³/mol. The Hall–Kier alpha value is -2.89. The van der Waals surface area contributed by atoms with Crippen LogP contribution in [0.1, 0.15) is 53.4 Å². The predicted octanol–water partition coefficient (Wildman–Crippen LogP) is 3.76. The van der Waals surface area contributed by atoms with Crippen LogP contribution in [-0.2, 0) is 11.2 Å². The number of aryl methyl sites for hydroxylation is 1. The van der Waals surface area contributed by atoms with Crippen LogP contribution in [0.25, 0.3) is 0 Å². The highest BCUT2D eigenvalue weighted by Gasteiger charge is 2.38. The normalized spacial score (nSPS) is 17.7. The summed E-state index contributed by atoms with van der Waals surface area (Å²) in [6.45, 7) is 6.14. The zero-order chi connectivity index (χ0) is 19.8. The molecule has 1 aliphatic carbocycles. The fourth-order valence-corrected chi connectivity index (χ4v) is 3.62. The maximum Gasteiger partial charge on any atom is 0.339 e. The lowest BCUT2D eigenvalue weighted by Gasteiger charge is -2.35. The minimum absolute atomic E-state index is 0.0380. The van der Waals surface area contributed by atoms with E-state index in [-0.39, 0.29) is 22.5 Å². The van der Waals surface area contributed by atoms with E-state index in [2.05, 4.69) is 18.8 Å². The van der Waals surface area contributed by atoms with Crippen molar-refractivity contribution in [3.63, 3.8) is 0 Å². The molecule has 142 valence electrons. The van der Waals surface area contributed by atoms with Crippen LogP contribution in [0.2, 0.25) is 0 Å². The smallest absolute Gasteiger partial charge is 0.339 e. The summed E-state index contributed by atoms with van der Waals surface area (Å²) >= 11 is 0. The third-order valence-corrected chi connectivity index (χ3v) is 4.83. The molecule has 1 atom stereocenters. The van der Waals surface area contributed by atoms with Gasteiger partial charge in [0.15, 0.2) is 11.5 Å². The Morgan fingerprint density at radius 3 is 2.70 bits per heavy atom. The molecule has 0 radical (unpaired) electrons. The number of aromatic carboxylic acids is 1. The number of para-hydroxylation sites is 1. The lowest BCUT2D eigenvalue weighted by molar-refractivity contribution is -0.137. The maximum atomic E-state index is 13.0. The largest absolute Gasteiger partial charge is 0.492 e. The summed E-state index contributed by atoms with van der Waals surface area (Å²) in [6.07, 6.45) is 3.23. The van der Waals surface area contributed by atoms with Crippen LogP contribution in [0.3, 0.4) is 0 Å². The average molecular weight is 369 g/mol. The highest BCUT2D eigenvalue weighted by Crippen LogP contribution is 2.43. The van der Waals surface area contributed by atoms with Crippen LogP contribution in [0.5, 0.6) is 11.5 Å². The number of aromatic nitrogens is 1. The third-order valence-electron chi connectivity index (χ3n) is 4.83. The minimum Gasteiger partial charge on any atom is -0.492 e. The van der Waals surface area contributed by atoms with Crippen LogP contribution < -0.4 is 9.47 Å². The van der Waals surface area contributed by atoms with Gasteiger partial charge in [-0.15, -0.1) is 0 Å². The number of hydrogen-bond donors (Lipinski definition) is 1. The van der Waals surface area contributed by atoms with Crippen LogP contribution in [0.4, 0.5) is 0 Å². The Morgan fingerprint density at radius 2 is 2.04 bits per heavy atom. The highest BCUT2D eigenvalue weighted by molar-refractivity contribution is 5.92. The summed E-state index contributed by atoms with van der Waals surface area (Å²) in [5.74, 6) is -1.90. The van der Waals surface area contributed by atoms with Crippen molar-refractivity contribution in [1.82, 2.24) is 4.98 Å². The molecule has 0 saturated heterocycles. The number of hydrogen-bond acceptors (Lipinski definition) is 5. The van der Waals surface area contributed by atoms with E-state index in [9.17, 15) is 14.7 Å². The summed E-state index contributed by atoms with van der Waals surface area (Å²) in [5.41, 5.74) is 2.63. The molecule has 3 rings (SSSR count). The maximum absolute atomic E-state index is 13.0. The number of carboxylic acids is 1. The second-order valence-corrected chi connectivity index (χ2v) is 7.71. The number of pyridine rings is 1. The molecule has 1 aromatic heterocycles. The number of carbonyl (C=O) groups is 2. The van der Waals surface area contributed by atoms with Crippen LogP contribution >= 0.6 is 0 Å². The first kappa shape index (κ1) is 18.9. The molecular formula is C21H23NO5. The molecule has 6 nitrogen and oxygen atoms in total. The number of nitrogens with zero attached hydrogens (tertiary/aromatic N) is 1. The van der Waals surface area contributed by atoms with Crippen molar-refractivity contribution < 1.29 is 24.2 Å². The Kier molecular flexibility index (Phi) is 4.91. The van der Waals surface area contributed by atoms with Crippen LogP contribution in [0, 0.1) is 12.3 Å². The van der Waals surface area contributed by atoms with E-state index in [0.29, 0.717) is 6.42 Å². The Balaban J connectivity index is 1.97. The van der Waals surface area contributed by atoms with Gasteiger partial charge in [0, 0.05) is 11.9 Å². The second-order valence-electron chi connectivity index (χ2n) is 7.71. The molecule has 0 fully saturated rings. The lowest BCUT2D eigenvalue weighted by atomic mass is 9.70. The lowest BCUT2D eigenvalue weighted by Crippen LogP contribution is -2.32. The van der Waals surface area contributed by atoms with Crippen molar-refractivity contribution >= 4 is 11.9 Å². The number of carboxylic acid groups (broad SMARTS) is 1. The minimum atomic E-state index is -1.14. The number of fused-ring (bicyclic) bond motifs is 1. The Bertz CT molecular complexity index is 903. The van der Waals surface area contributed by atoms with Gasteiger partial charge in [0.25, 0.3) is 0 Å². The number of methoxy groups -OCH3 is 1. The molecule has 27 heavy (non-hydrogen) atoms. The van der Waals surface area contributed by atoms with E-state index in [1.54, 1.807) is 0 Å². The SMILES string of the molecule is COc1c(OC(=O)C2CC(C)(C)Cc3ncc(C)cc32)cccc1C(=O)O. The average Bonchev–Trinajstić information content (AvgIpc) is 2.60. The van der Waals surface area contributed by atoms with Crippen molar-refractivity contribution in [2.24, 2.45) is 5.41 Å². The van der Waals surface area contributed by atoms with Gasteiger partial charge in [0.05, 0.1) is 13.0 Å². The number of carbonyl (C=O) groups excluding carboxylic acids is 1. The molecule has 1 unspecified atom stereocenters. The molecule has 6 heteroatoms. The molecule has 0 bridgehead atoms. The van der Waals surface area contributed by atoms with Gasteiger partial charge in [-0.3, -0.25) is 9.78 Å². The Labute approximate surface area is 158 Å². The van der Waals surface area contributed by atoms with Gasteiger partial charge in [-0.25, -0.2) is 4.79 Å². The monoisotopic (exact) mass is 369 g/mol. The van der Waals surface area contributed by atoms with Crippen molar-refractivity contribution in [2.45, 2.75) is 39.5 Å². The molecular weight excluding hydrogens is 346 g/mol. The molecule has 1 N–H and O–H groups in total. The first-order chi connectivity index (χ1) is 12.7. The summed E-state index contributed by atoms with van der Waals surface area (Å²) in [6, 6.07) is 6.45. The first-order valence-corrected chi connectivity index (χ1v) is 8.79. The van der Waals surface area contributed by atoms with E-state index in [1.165, 1.54) is 25.3 Å². The van der Waals surface area contributed by atoms with E-state index in [4.69, 9.17) is 9.47 Å². The van der Waals surface area contributed by atoms with E-state index in [0.717, 1.165) is 23.2 Å². The molecule has 1 aliphatic rings. The second kappa shape index (κ2) is 7.02. The molecule has 2 aromatic rings. The molecule has 0 spiro atoms. The van der Waals surface area contributed by atoms with Gasteiger partial charge in [0.2, 0.25) is 0 Å². The fraction of sp³-hybridized carbons (Fsp3) is 0.381. The number of rotatable bonds is 4. The van der Waals surface area contributed by atoms with Crippen molar-refractivity contribution in [2.75, 3.05) is 7.11 Å². The van der Waals surface area contributed by atoms with Crippen molar-refractivity contribution in [1.29, 1.82) is 0 Å². The van der Waals surface area contributed by atoms with E-state index >= 15 is 0 Å². The molecule has 0 aliphatic heterocycles. The van der Waals surface area contributed by atoms with Crippen LogP contribution in [-0.4, -0.2) is 29.1 Å². The Morgan fingerprint density at radius 1 is 1.30 bits per heavy atom. The van der Waals surface area contributed by atoms with Gasteiger partial charge in [-0.05, 0) is 48.4 Å². The first-order valence-electron chi connectivity index (χ1n) is 8.79. The zero-order valence-corrected chi connectivity index (χ0v) is 15.9.